The average Bonchev–Trinajstić information content (AvgIpc) is 2.62. The zero-order valence-electron chi connectivity index (χ0n) is 14.5. The van der Waals surface area contributed by atoms with E-state index in [4.69, 9.17) is 37.4 Å². The largest absolute Gasteiger partial charge is 0.493 e. The third-order valence-electron chi connectivity index (χ3n) is 3.66. The third kappa shape index (κ3) is 6.40. The van der Waals surface area contributed by atoms with Crippen molar-refractivity contribution >= 4 is 23.2 Å². The first-order chi connectivity index (χ1) is 12.1. The number of ether oxygens (including phenoxy) is 3. The van der Waals surface area contributed by atoms with Crippen LogP contribution >= 0.6 is 23.2 Å². The molecule has 0 saturated heterocycles. The maximum absolute atomic E-state index is 6.38. The van der Waals surface area contributed by atoms with Crippen molar-refractivity contribution in [2.45, 2.75) is 19.6 Å². The lowest BCUT2D eigenvalue weighted by Gasteiger charge is -2.14. The van der Waals surface area contributed by atoms with Crippen LogP contribution in [0.25, 0.3) is 0 Å². The Kier molecular flexibility index (Phi) is 8.35. The first-order valence-electron chi connectivity index (χ1n) is 8.07. The molecule has 0 aliphatic heterocycles. The molecule has 0 aliphatic carbocycles. The van der Waals surface area contributed by atoms with Crippen LogP contribution in [0.4, 0.5) is 0 Å². The van der Waals surface area contributed by atoms with Gasteiger partial charge >= 0.3 is 0 Å². The van der Waals surface area contributed by atoms with Crippen LogP contribution in [-0.4, -0.2) is 27.4 Å². The number of rotatable bonds is 10. The van der Waals surface area contributed by atoms with E-state index in [2.05, 4.69) is 5.32 Å². The molecule has 0 bridgehead atoms. The molecule has 2 aromatic rings. The summed E-state index contributed by atoms with van der Waals surface area (Å²) in [5, 5.41) is 4.68. The Morgan fingerprint density at radius 3 is 2.44 bits per heavy atom. The molecule has 0 aliphatic rings. The highest BCUT2D eigenvalue weighted by atomic mass is 35.5. The van der Waals surface area contributed by atoms with E-state index in [1.54, 1.807) is 20.3 Å². The number of nitrogens with one attached hydrogen (secondary N) is 1. The molecule has 0 radical (unpaired) electrons. The SMILES string of the molecule is COCCCNCc1cc(OC)c(OCc2ccc(Cl)cc2)cc1Cl. The minimum Gasteiger partial charge on any atom is -0.493 e. The lowest BCUT2D eigenvalue weighted by molar-refractivity contribution is 0.194. The standard InChI is InChI=1S/C19H23Cl2NO3/c1-23-9-3-8-22-12-15-10-18(24-2)19(11-17(15)21)25-13-14-4-6-16(20)7-5-14/h4-7,10-11,22H,3,8-9,12-13H2,1-2H3. The van der Waals surface area contributed by atoms with Gasteiger partial charge in [-0.15, -0.1) is 0 Å². The van der Waals surface area contributed by atoms with E-state index >= 15 is 0 Å². The van der Waals surface area contributed by atoms with E-state index in [9.17, 15) is 0 Å². The molecular formula is C19H23Cl2NO3. The molecule has 6 heteroatoms. The van der Waals surface area contributed by atoms with E-state index in [0.717, 1.165) is 30.7 Å². The summed E-state index contributed by atoms with van der Waals surface area (Å²) in [4.78, 5) is 0. The molecule has 0 saturated carbocycles. The van der Waals surface area contributed by atoms with Crippen LogP contribution < -0.4 is 14.8 Å². The monoisotopic (exact) mass is 383 g/mol. The van der Waals surface area contributed by atoms with E-state index in [1.807, 2.05) is 30.3 Å². The van der Waals surface area contributed by atoms with Crippen LogP contribution in [0.15, 0.2) is 36.4 Å². The van der Waals surface area contributed by atoms with Crippen molar-refractivity contribution in [3.8, 4) is 11.5 Å². The Hall–Kier alpha value is -1.46. The van der Waals surface area contributed by atoms with Gasteiger partial charge in [0.05, 0.1) is 7.11 Å². The second kappa shape index (κ2) is 10.5. The topological polar surface area (TPSA) is 39.7 Å². The molecule has 0 heterocycles. The van der Waals surface area contributed by atoms with Crippen molar-refractivity contribution < 1.29 is 14.2 Å². The molecule has 0 amide bonds. The first-order valence-corrected chi connectivity index (χ1v) is 8.83. The lowest BCUT2D eigenvalue weighted by atomic mass is 10.2. The maximum Gasteiger partial charge on any atom is 0.163 e. The summed E-state index contributed by atoms with van der Waals surface area (Å²) in [7, 11) is 3.32. The lowest BCUT2D eigenvalue weighted by Crippen LogP contribution is -2.16. The Morgan fingerprint density at radius 1 is 1.00 bits per heavy atom. The Morgan fingerprint density at radius 2 is 1.76 bits per heavy atom. The van der Waals surface area contributed by atoms with Gasteiger partial charge in [0, 0.05) is 36.4 Å². The van der Waals surface area contributed by atoms with Gasteiger partial charge in [-0.25, -0.2) is 0 Å². The molecule has 2 aromatic carbocycles. The summed E-state index contributed by atoms with van der Waals surface area (Å²) in [6.07, 6.45) is 0.952. The van der Waals surface area contributed by atoms with E-state index in [1.165, 1.54) is 0 Å². The summed E-state index contributed by atoms with van der Waals surface area (Å²) < 4.78 is 16.3. The van der Waals surface area contributed by atoms with Crippen molar-refractivity contribution in [3.05, 3.63) is 57.6 Å². The van der Waals surface area contributed by atoms with Gasteiger partial charge in [-0.2, -0.15) is 0 Å². The summed E-state index contributed by atoms with van der Waals surface area (Å²) in [5.74, 6) is 1.28. The molecule has 0 unspecified atom stereocenters. The number of benzene rings is 2. The quantitative estimate of drug-likeness (QED) is 0.603. The molecule has 1 N–H and O–H groups in total. The van der Waals surface area contributed by atoms with Crippen molar-refractivity contribution in [3.63, 3.8) is 0 Å². The first kappa shape index (κ1) is 19.9. The minimum absolute atomic E-state index is 0.415. The molecule has 0 aromatic heterocycles. The van der Waals surface area contributed by atoms with Gasteiger partial charge in [0.1, 0.15) is 6.61 Å². The highest BCUT2D eigenvalue weighted by Crippen LogP contribution is 2.34. The minimum atomic E-state index is 0.415. The van der Waals surface area contributed by atoms with Crippen molar-refractivity contribution in [2.75, 3.05) is 27.4 Å². The van der Waals surface area contributed by atoms with Gasteiger partial charge in [0.15, 0.2) is 11.5 Å². The van der Waals surface area contributed by atoms with Gasteiger partial charge in [0.2, 0.25) is 0 Å². The number of hydrogen-bond acceptors (Lipinski definition) is 4. The Bertz CT molecular complexity index is 662. The van der Waals surface area contributed by atoms with Gasteiger partial charge in [-0.05, 0) is 42.3 Å². The Labute approximate surface area is 159 Å². The summed E-state index contributed by atoms with van der Waals surface area (Å²) in [5.41, 5.74) is 1.99. The summed E-state index contributed by atoms with van der Waals surface area (Å²) >= 11 is 12.3. The van der Waals surface area contributed by atoms with Crippen LogP contribution in [0.3, 0.4) is 0 Å². The van der Waals surface area contributed by atoms with Crippen LogP contribution in [0.1, 0.15) is 17.5 Å². The third-order valence-corrected chi connectivity index (χ3v) is 4.26. The second-order valence-electron chi connectivity index (χ2n) is 5.53. The molecule has 136 valence electrons. The Balaban J connectivity index is 1.98. The second-order valence-corrected chi connectivity index (χ2v) is 6.38. The number of methoxy groups -OCH3 is 2. The van der Waals surface area contributed by atoms with E-state index in [-0.39, 0.29) is 0 Å². The molecule has 4 nitrogen and oxygen atoms in total. The predicted molar refractivity (Wildman–Crippen MR) is 102 cm³/mol. The van der Waals surface area contributed by atoms with Gasteiger partial charge in [-0.1, -0.05) is 35.3 Å². The van der Waals surface area contributed by atoms with Crippen LogP contribution in [-0.2, 0) is 17.9 Å². The van der Waals surface area contributed by atoms with Gasteiger partial charge < -0.3 is 19.5 Å². The molecular weight excluding hydrogens is 361 g/mol. The van der Waals surface area contributed by atoms with Crippen molar-refractivity contribution in [1.29, 1.82) is 0 Å². The number of halogens is 2. The summed E-state index contributed by atoms with van der Waals surface area (Å²) in [6.45, 7) is 2.68. The zero-order valence-corrected chi connectivity index (χ0v) is 16.0. The maximum atomic E-state index is 6.38. The molecule has 0 atom stereocenters. The molecule has 25 heavy (non-hydrogen) atoms. The average molecular weight is 384 g/mol. The molecule has 0 spiro atoms. The fourth-order valence-corrected chi connectivity index (χ4v) is 2.64. The summed E-state index contributed by atoms with van der Waals surface area (Å²) in [6, 6.07) is 11.2. The molecule has 2 rings (SSSR count). The van der Waals surface area contributed by atoms with E-state index < -0.39 is 0 Å². The number of hydrogen-bond donors (Lipinski definition) is 1. The fraction of sp³-hybridized carbons (Fsp3) is 0.368. The zero-order chi connectivity index (χ0) is 18.1. The highest BCUT2D eigenvalue weighted by molar-refractivity contribution is 6.31. The van der Waals surface area contributed by atoms with Gasteiger partial charge in [0.25, 0.3) is 0 Å². The fourth-order valence-electron chi connectivity index (χ4n) is 2.29. The van der Waals surface area contributed by atoms with Crippen molar-refractivity contribution in [1.82, 2.24) is 5.32 Å². The predicted octanol–water partition coefficient (Wildman–Crippen LogP) is 4.71. The van der Waals surface area contributed by atoms with Crippen LogP contribution in [0.2, 0.25) is 10.0 Å². The van der Waals surface area contributed by atoms with Gasteiger partial charge in [-0.3, -0.25) is 0 Å². The van der Waals surface area contributed by atoms with Crippen LogP contribution in [0, 0.1) is 0 Å². The normalized spacial score (nSPS) is 10.7. The van der Waals surface area contributed by atoms with Crippen LogP contribution in [0.5, 0.6) is 11.5 Å². The van der Waals surface area contributed by atoms with Crippen molar-refractivity contribution in [2.24, 2.45) is 0 Å². The highest BCUT2D eigenvalue weighted by Gasteiger charge is 2.11. The molecule has 0 fully saturated rings. The smallest absolute Gasteiger partial charge is 0.163 e. The van der Waals surface area contributed by atoms with E-state index in [0.29, 0.717) is 34.7 Å².